The molecule has 150 valence electrons. The van der Waals surface area contributed by atoms with Crippen LogP contribution >= 0.6 is 0 Å². The van der Waals surface area contributed by atoms with Crippen molar-refractivity contribution in [3.8, 4) is 0 Å². The lowest BCUT2D eigenvalue weighted by Crippen LogP contribution is -2.29. The zero-order valence-corrected chi connectivity index (χ0v) is 17.5. The van der Waals surface area contributed by atoms with Gasteiger partial charge in [0.15, 0.2) is 0 Å². The van der Waals surface area contributed by atoms with E-state index in [1.54, 1.807) is 12.1 Å². The van der Waals surface area contributed by atoms with Crippen LogP contribution in [0.4, 0.5) is 21.9 Å². The molecule has 0 spiro atoms. The Kier molecular flexibility index (Phi) is 7.04. The first-order valence-electron chi connectivity index (χ1n) is 9.42. The van der Waals surface area contributed by atoms with Gasteiger partial charge in [-0.15, -0.1) is 0 Å². The van der Waals surface area contributed by atoms with Crippen molar-refractivity contribution in [3.05, 3.63) is 53.1 Å². The number of nitrogens with one attached hydrogen (secondary N) is 3. The highest BCUT2D eigenvalue weighted by Crippen LogP contribution is 2.23. The van der Waals surface area contributed by atoms with Crippen LogP contribution in [0.2, 0.25) is 0 Å². The van der Waals surface area contributed by atoms with Crippen LogP contribution in [0.3, 0.4) is 0 Å². The molecule has 28 heavy (non-hydrogen) atoms. The Morgan fingerprint density at radius 2 is 1.71 bits per heavy atom. The number of anilines is 3. The SMILES string of the molecule is Cc1ccc(NC(=O)Nc2ccc(N(C)C)c(C(=O)NCC(C)C)c2)c(C)c1. The van der Waals surface area contributed by atoms with Crippen molar-refractivity contribution in [3.63, 3.8) is 0 Å². The molecule has 0 fully saturated rings. The van der Waals surface area contributed by atoms with Gasteiger partial charge in [0, 0.05) is 37.7 Å². The van der Waals surface area contributed by atoms with Gasteiger partial charge in [0.1, 0.15) is 0 Å². The van der Waals surface area contributed by atoms with Crippen LogP contribution in [0.25, 0.3) is 0 Å². The van der Waals surface area contributed by atoms with Crippen LogP contribution in [0, 0.1) is 19.8 Å². The highest BCUT2D eigenvalue weighted by Gasteiger charge is 2.15. The van der Waals surface area contributed by atoms with Gasteiger partial charge in [-0.05, 0) is 49.6 Å². The molecule has 0 saturated carbocycles. The quantitative estimate of drug-likeness (QED) is 0.693. The van der Waals surface area contributed by atoms with E-state index >= 15 is 0 Å². The molecule has 0 unspecified atom stereocenters. The summed E-state index contributed by atoms with van der Waals surface area (Å²) in [5.41, 5.74) is 4.76. The Morgan fingerprint density at radius 3 is 2.32 bits per heavy atom. The van der Waals surface area contributed by atoms with Gasteiger partial charge in [0.05, 0.1) is 5.56 Å². The Labute approximate surface area is 167 Å². The third-order valence-corrected chi connectivity index (χ3v) is 4.28. The summed E-state index contributed by atoms with van der Waals surface area (Å²) in [6.07, 6.45) is 0. The molecule has 0 atom stereocenters. The van der Waals surface area contributed by atoms with E-state index in [9.17, 15) is 9.59 Å². The zero-order valence-electron chi connectivity index (χ0n) is 17.5. The van der Waals surface area contributed by atoms with Crippen molar-refractivity contribution in [2.45, 2.75) is 27.7 Å². The van der Waals surface area contributed by atoms with E-state index in [0.29, 0.717) is 23.7 Å². The number of carbonyl (C=O) groups excluding carboxylic acids is 2. The van der Waals surface area contributed by atoms with E-state index in [1.165, 1.54) is 0 Å². The first-order valence-corrected chi connectivity index (χ1v) is 9.42. The highest BCUT2D eigenvalue weighted by atomic mass is 16.2. The molecule has 3 amide bonds. The molecule has 2 rings (SSSR count). The van der Waals surface area contributed by atoms with E-state index in [4.69, 9.17) is 0 Å². The summed E-state index contributed by atoms with van der Waals surface area (Å²) >= 11 is 0. The van der Waals surface area contributed by atoms with Gasteiger partial charge < -0.3 is 20.9 Å². The van der Waals surface area contributed by atoms with Crippen LogP contribution in [0.15, 0.2) is 36.4 Å². The van der Waals surface area contributed by atoms with Gasteiger partial charge in [-0.2, -0.15) is 0 Å². The van der Waals surface area contributed by atoms with E-state index in [2.05, 4.69) is 16.0 Å². The third kappa shape index (κ3) is 5.74. The average Bonchev–Trinajstić information content (AvgIpc) is 2.61. The zero-order chi connectivity index (χ0) is 20.8. The Bertz CT molecular complexity index is 860. The smallest absolute Gasteiger partial charge is 0.323 e. The number of hydrogen-bond acceptors (Lipinski definition) is 3. The maximum atomic E-state index is 12.6. The molecule has 0 aliphatic heterocycles. The third-order valence-electron chi connectivity index (χ3n) is 4.28. The number of nitrogens with zero attached hydrogens (tertiary/aromatic N) is 1. The summed E-state index contributed by atoms with van der Waals surface area (Å²) in [5, 5.41) is 8.59. The predicted molar refractivity (Wildman–Crippen MR) is 116 cm³/mol. The van der Waals surface area contributed by atoms with Crippen molar-refractivity contribution < 1.29 is 9.59 Å². The summed E-state index contributed by atoms with van der Waals surface area (Å²) in [5.74, 6) is 0.201. The minimum Gasteiger partial charge on any atom is -0.377 e. The highest BCUT2D eigenvalue weighted by molar-refractivity contribution is 6.04. The van der Waals surface area contributed by atoms with Crippen LogP contribution in [0.5, 0.6) is 0 Å². The second-order valence-corrected chi connectivity index (χ2v) is 7.63. The minimum absolute atomic E-state index is 0.157. The molecule has 0 aromatic heterocycles. The minimum atomic E-state index is -0.349. The van der Waals surface area contributed by atoms with Crippen molar-refractivity contribution in [1.29, 1.82) is 0 Å². The monoisotopic (exact) mass is 382 g/mol. The Hall–Kier alpha value is -3.02. The summed E-state index contributed by atoms with van der Waals surface area (Å²) in [7, 11) is 3.77. The summed E-state index contributed by atoms with van der Waals surface area (Å²) in [6, 6.07) is 10.8. The summed E-state index contributed by atoms with van der Waals surface area (Å²) in [6.45, 7) is 8.64. The van der Waals surface area contributed by atoms with E-state index in [1.807, 2.05) is 71.0 Å². The molecule has 0 heterocycles. The molecule has 0 aliphatic carbocycles. The second-order valence-electron chi connectivity index (χ2n) is 7.63. The van der Waals surface area contributed by atoms with Gasteiger partial charge >= 0.3 is 6.03 Å². The summed E-state index contributed by atoms with van der Waals surface area (Å²) in [4.78, 5) is 26.9. The average molecular weight is 383 g/mol. The first-order chi connectivity index (χ1) is 13.2. The van der Waals surface area contributed by atoms with E-state index in [0.717, 1.165) is 22.5 Å². The normalized spacial score (nSPS) is 10.5. The topological polar surface area (TPSA) is 73.5 Å². The fourth-order valence-corrected chi connectivity index (χ4v) is 2.82. The number of hydrogen-bond donors (Lipinski definition) is 3. The largest absolute Gasteiger partial charge is 0.377 e. The molecule has 2 aromatic carbocycles. The molecule has 0 aliphatic rings. The molecule has 3 N–H and O–H groups in total. The predicted octanol–water partition coefficient (Wildman–Crippen LogP) is 4.40. The van der Waals surface area contributed by atoms with Gasteiger partial charge in [-0.25, -0.2) is 4.79 Å². The van der Waals surface area contributed by atoms with E-state index < -0.39 is 0 Å². The van der Waals surface area contributed by atoms with Crippen molar-refractivity contribution in [2.75, 3.05) is 36.2 Å². The summed E-state index contributed by atoms with van der Waals surface area (Å²) < 4.78 is 0. The lowest BCUT2D eigenvalue weighted by atomic mass is 10.1. The van der Waals surface area contributed by atoms with E-state index in [-0.39, 0.29) is 11.9 Å². The first kappa shape index (κ1) is 21.3. The number of aryl methyl sites for hydroxylation is 2. The van der Waals surface area contributed by atoms with Gasteiger partial charge in [0.25, 0.3) is 5.91 Å². The lowest BCUT2D eigenvalue weighted by molar-refractivity contribution is 0.0949. The molecule has 2 aromatic rings. The number of amides is 3. The molecule has 0 saturated heterocycles. The number of carbonyl (C=O) groups is 2. The standard InChI is InChI=1S/C22H30N4O2/c1-14(2)13-23-21(27)18-12-17(8-10-20(18)26(5)6)24-22(28)25-19-9-7-15(3)11-16(19)4/h7-12,14H,13H2,1-6H3,(H,23,27)(H2,24,25,28). The Morgan fingerprint density at radius 1 is 1.00 bits per heavy atom. The lowest BCUT2D eigenvalue weighted by Gasteiger charge is -2.19. The molecule has 6 heteroatoms. The molecular formula is C22H30N4O2. The van der Waals surface area contributed by atoms with Crippen molar-refractivity contribution in [2.24, 2.45) is 5.92 Å². The molecular weight excluding hydrogens is 352 g/mol. The molecule has 0 radical (unpaired) electrons. The molecule has 0 bridgehead atoms. The van der Waals surface area contributed by atoms with Crippen LogP contribution in [0.1, 0.15) is 35.3 Å². The molecule has 6 nitrogen and oxygen atoms in total. The van der Waals surface area contributed by atoms with Crippen LogP contribution in [-0.2, 0) is 0 Å². The fourth-order valence-electron chi connectivity index (χ4n) is 2.82. The van der Waals surface area contributed by atoms with Crippen molar-refractivity contribution >= 4 is 29.0 Å². The van der Waals surface area contributed by atoms with Gasteiger partial charge in [-0.3, -0.25) is 4.79 Å². The Balaban J connectivity index is 2.17. The van der Waals surface area contributed by atoms with Crippen LogP contribution in [-0.4, -0.2) is 32.6 Å². The number of rotatable bonds is 6. The maximum Gasteiger partial charge on any atom is 0.323 e. The second kappa shape index (κ2) is 9.26. The number of benzene rings is 2. The maximum absolute atomic E-state index is 12.6. The number of urea groups is 1. The fraction of sp³-hybridized carbons (Fsp3) is 0.364. The van der Waals surface area contributed by atoms with Gasteiger partial charge in [-0.1, -0.05) is 31.5 Å². The van der Waals surface area contributed by atoms with Crippen LogP contribution < -0.4 is 20.9 Å². The van der Waals surface area contributed by atoms with Gasteiger partial charge in [0.2, 0.25) is 0 Å². The van der Waals surface area contributed by atoms with Crippen molar-refractivity contribution in [1.82, 2.24) is 5.32 Å².